The Morgan fingerprint density at radius 2 is 1.85 bits per heavy atom. The zero-order chi connectivity index (χ0) is 33.1. The Hall–Kier alpha value is -3.16. The molecule has 0 spiro atoms. The molecule has 0 fully saturated rings. The molecule has 1 aromatic heterocycles. The van der Waals surface area contributed by atoms with E-state index in [1.807, 2.05) is 103 Å². The molecule has 238 valence electrons. The first-order valence-corrected chi connectivity index (χ1v) is 18.8. The van der Waals surface area contributed by atoms with Crippen LogP contribution in [-0.4, -0.2) is 23.4 Å². The number of ether oxygens (including phenoxy) is 2. The van der Waals surface area contributed by atoms with Gasteiger partial charge >= 0.3 is 5.97 Å². The molecule has 1 aliphatic rings. The Bertz CT molecular complexity index is 2180. The van der Waals surface area contributed by atoms with Crippen LogP contribution < -0.4 is 19.6 Å². The third kappa shape index (κ3) is 7.31. The van der Waals surface area contributed by atoms with Crippen LogP contribution in [0.4, 0.5) is 0 Å². The van der Waals surface area contributed by atoms with Crippen molar-refractivity contribution in [2.75, 3.05) is 12.9 Å². The van der Waals surface area contributed by atoms with E-state index in [0.29, 0.717) is 38.0 Å². The highest BCUT2D eigenvalue weighted by Gasteiger charge is 2.35. The average Bonchev–Trinajstić information content (AvgIpc) is 3.38. The van der Waals surface area contributed by atoms with Crippen molar-refractivity contribution in [3.8, 4) is 5.75 Å². The van der Waals surface area contributed by atoms with Gasteiger partial charge in [0.2, 0.25) is 0 Å². The summed E-state index contributed by atoms with van der Waals surface area (Å²) >= 11 is 14.9. The summed E-state index contributed by atoms with van der Waals surface area (Å²) in [6.45, 7) is 2.26. The van der Waals surface area contributed by atoms with Crippen LogP contribution in [0.3, 0.4) is 0 Å². The molecule has 6 rings (SSSR count). The summed E-state index contributed by atoms with van der Waals surface area (Å²) in [6, 6.07) is 28.1. The summed E-state index contributed by atoms with van der Waals surface area (Å²) in [5.41, 5.74) is 3.73. The number of fused-ring (bicyclic) bond motifs is 1. The average molecular weight is 858 g/mol. The highest BCUT2D eigenvalue weighted by molar-refractivity contribution is 14.1. The highest BCUT2D eigenvalue weighted by Crippen LogP contribution is 2.36. The van der Waals surface area contributed by atoms with Crippen LogP contribution in [-0.2, 0) is 16.1 Å². The summed E-state index contributed by atoms with van der Waals surface area (Å²) in [4.78, 5) is 34.7. The number of carbonyl (C=O) groups excluding carboxylic acids is 1. The monoisotopic (exact) mass is 856 g/mol. The first-order chi connectivity index (χ1) is 22.8. The maximum absolute atomic E-state index is 14.4. The van der Waals surface area contributed by atoms with E-state index in [-0.39, 0.29) is 12.2 Å². The maximum Gasteiger partial charge on any atom is 0.338 e. The standard InChI is InChI=1S/C36H27BrClIN2O4S2/c1-3-44-35(43)30-31(22-9-5-4-6-10-22)40-36-41(32(30)23-12-14-27(46-2)15-13-23)34(42)29(47-36)18-24-17-25(37)19-28(39)33(24)45-20-21-8-7-11-26(38)16-21/h4-19,32H,3,20H2,1-2H3/b29-18-/t32-/m1/s1. The van der Waals surface area contributed by atoms with Crippen molar-refractivity contribution in [2.45, 2.75) is 24.5 Å². The van der Waals surface area contributed by atoms with Gasteiger partial charge in [-0.1, -0.05) is 93.5 Å². The third-order valence-corrected chi connectivity index (χ3v) is 10.6. The molecule has 1 atom stereocenters. The smallest absolute Gasteiger partial charge is 0.338 e. The Labute approximate surface area is 307 Å². The number of rotatable bonds is 9. The summed E-state index contributed by atoms with van der Waals surface area (Å²) in [7, 11) is 0. The first kappa shape index (κ1) is 33.7. The van der Waals surface area contributed by atoms with E-state index < -0.39 is 12.0 Å². The number of carbonyl (C=O) groups is 1. The number of benzene rings is 4. The first-order valence-electron chi connectivity index (χ1n) is 14.6. The van der Waals surface area contributed by atoms with E-state index in [4.69, 9.17) is 26.1 Å². The minimum Gasteiger partial charge on any atom is -0.487 e. The number of thiazole rings is 1. The predicted octanol–water partition coefficient (Wildman–Crippen LogP) is 8.26. The summed E-state index contributed by atoms with van der Waals surface area (Å²) in [5, 5.41) is 0.632. The minimum atomic E-state index is -0.750. The van der Waals surface area contributed by atoms with E-state index >= 15 is 0 Å². The van der Waals surface area contributed by atoms with Gasteiger partial charge in [-0.25, -0.2) is 9.79 Å². The highest BCUT2D eigenvalue weighted by atomic mass is 127. The molecule has 0 amide bonds. The van der Waals surface area contributed by atoms with Gasteiger partial charge in [0.1, 0.15) is 12.4 Å². The molecule has 0 bridgehead atoms. The van der Waals surface area contributed by atoms with Gasteiger partial charge < -0.3 is 9.47 Å². The van der Waals surface area contributed by atoms with Gasteiger partial charge in [0.15, 0.2) is 4.80 Å². The molecule has 5 aromatic rings. The molecule has 11 heteroatoms. The molecule has 0 N–H and O–H groups in total. The van der Waals surface area contributed by atoms with Crippen LogP contribution in [0.15, 0.2) is 116 Å². The van der Waals surface area contributed by atoms with E-state index in [1.54, 1.807) is 23.3 Å². The van der Waals surface area contributed by atoms with Crippen LogP contribution in [0.1, 0.15) is 35.2 Å². The van der Waals surface area contributed by atoms with Crippen molar-refractivity contribution in [3.63, 3.8) is 0 Å². The lowest BCUT2D eigenvalue weighted by Gasteiger charge is -2.26. The van der Waals surface area contributed by atoms with Gasteiger partial charge in [-0.15, -0.1) is 11.8 Å². The van der Waals surface area contributed by atoms with Crippen LogP contribution in [0.25, 0.3) is 11.8 Å². The van der Waals surface area contributed by atoms with Crippen molar-refractivity contribution in [1.82, 2.24) is 4.57 Å². The zero-order valence-electron chi connectivity index (χ0n) is 25.2. The maximum atomic E-state index is 14.4. The SMILES string of the molecule is CCOC(=O)C1=C(c2ccccc2)N=c2s/c(=C\c3cc(Br)cc(I)c3OCc3cccc(Cl)c3)c(=O)n2[C@@H]1c1ccc(SC)cc1. The van der Waals surface area contributed by atoms with Gasteiger partial charge in [-0.05, 0) is 89.4 Å². The molecular weight excluding hydrogens is 831 g/mol. The second-order valence-electron chi connectivity index (χ2n) is 10.4. The van der Waals surface area contributed by atoms with Crippen molar-refractivity contribution >= 4 is 91.0 Å². The van der Waals surface area contributed by atoms with Crippen molar-refractivity contribution < 1.29 is 14.3 Å². The Kier molecular flexibility index (Phi) is 10.7. The molecule has 0 unspecified atom stereocenters. The summed E-state index contributed by atoms with van der Waals surface area (Å²) in [5.74, 6) is 0.127. The molecule has 4 aromatic carbocycles. The van der Waals surface area contributed by atoms with Crippen LogP contribution in [0.5, 0.6) is 5.75 Å². The Morgan fingerprint density at radius 1 is 1.09 bits per heavy atom. The van der Waals surface area contributed by atoms with Gasteiger partial charge in [-0.2, -0.15) is 0 Å². The number of nitrogens with zero attached hydrogens (tertiary/aromatic N) is 2. The summed E-state index contributed by atoms with van der Waals surface area (Å²) in [6.07, 6.45) is 3.83. The number of thioether (sulfide) groups is 1. The molecule has 0 radical (unpaired) electrons. The molecule has 47 heavy (non-hydrogen) atoms. The number of hydrogen-bond acceptors (Lipinski definition) is 7. The number of hydrogen-bond donors (Lipinski definition) is 0. The normalized spacial score (nSPS) is 14.5. The van der Waals surface area contributed by atoms with E-state index in [2.05, 4.69) is 38.5 Å². The fraction of sp³-hybridized carbons (Fsp3) is 0.139. The molecule has 0 saturated heterocycles. The largest absolute Gasteiger partial charge is 0.487 e. The number of aromatic nitrogens is 1. The quantitative estimate of drug-likeness (QED) is 0.0849. The Morgan fingerprint density at radius 3 is 2.55 bits per heavy atom. The van der Waals surface area contributed by atoms with Crippen molar-refractivity contribution in [1.29, 1.82) is 0 Å². The van der Waals surface area contributed by atoms with E-state index in [1.165, 1.54) is 11.3 Å². The van der Waals surface area contributed by atoms with Gasteiger partial charge in [0, 0.05) is 25.5 Å². The zero-order valence-corrected chi connectivity index (χ0v) is 31.3. The summed E-state index contributed by atoms with van der Waals surface area (Å²) < 4.78 is 15.7. The second-order valence-corrected chi connectivity index (χ2v) is 14.8. The molecular formula is C36H27BrClIN2O4S2. The van der Waals surface area contributed by atoms with Crippen LogP contribution in [0, 0.1) is 3.57 Å². The molecule has 6 nitrogen and oxygen atoms in total. The molecule has 2 heterocycles. The Balaban J connectivity index is 1.56. The fourth-order valence-corrected chi connectivity index (χ4v) is 8.62. The van der Waals surface area contributed by atoms with Gasteiger partial charge in [-0.3, -0.25) is 9.36 Å². The lowest BCUT2D eigenvalue weighted by atomic mass is 9.93. The molecule has 0 saturated carbocycles. The van der Waals surface area contributed by atoms with Crippen LogP contribution in [0.2, 0.25) is 5.02 Å². The van der Waals surface area contributed by atoms with Crippen LogP contribution >= 0.6 is 73.2 Å². The van der Waals surface area contributed by atoms with E-state index in [0.717, 1.165) is 35.2 Å². The number of halogens is 3. The van der Waals surface area contributed by atoms with Gasteiger partial charge in [0.05, 0.1) is 32.0 Å². The topological polar surface area (TPSA) is 69.9 Å². The minimum absolute atomic E-state index is 0.187. The van der Waals surface area contributed by atoms with E-state index in [9.17, 15) is 9.59 Å². The van der Waals surface area contributed by atoms with Gasteiger partial charge in [0.25, 0.3) is 5.56 Å². The third-order valence-electron chi connectivity index (χ3n) is 7.40. The molecule has 1 aliphatic heterocycles. The molecule has 0 aliphatic carbocycles. The number of esters is 1. The van der Waals surface area contributed by atoms with Crippen molar-refractivity contribution in [2.24, 2.45) is 4.99 Å². The fourth-order valence-electron chi connectivity index (χ4n) is 5.31. The second kappa shape index (κ2) is 14.9. The predicted molar refractivity (Wildman–Crippen MR) is 202 cm³/mol. The van der Waals surface area contributed by atoms with Crippen molar-refractivity contribution in [3.05, 3.63) is 152 Å². The lowest BCUT2D eigenvalue weighted by Crippen LogP contribution is -2.40. The lowest BCUT2D eigenvalue weighted by molar-refractivity contribution is -0.138.